The number of hydrogen-bond acceptors (Lipinski definition) is 0. The van der Waals surface area contributed by atoms with E-state index in [1.165, 1.54) is 39.0 Å². The summed E-state index contributed by atoms with van der Waals surface area (Å²) in [5.41, 5.74) is 9.64. The van der Waals surface area contributed by atoms with Gasteiger partial charge in [0.2, 0.25) is 0 Å². The molecule has 24 heavy (non-hydrogen) atoms. The molecule has 2 aromatic carbocycles. The maximum atomic E-state index is 6.56. The molecule has 1 unspecified atom stereocenters. The average Bonchev–Trinajstić information content (AvgIpc) is 2.93. The summed E-state index contributed by atoms with van der Waals surface area (Å²) in [6.07, 6.45) is 5.67. The summed E-state index contributed by atoms with van der Waals surface area (Å²) in [4.78, 5) is 0. The van der Waals surface area contributed by atoms with Crippen LogP contribution in [0.15, 0.2) is 42.0 Å². The van der Waals surface area contributed by atoms with Gasteiger partial charge in [-0.2, -0.15) is 0 Å². The first-order valence-electron chi connectivity index (χ1n) is 8.68. The third kappa shape index (κ3) is 3.33. The molecule has 0 aromatic heterocycles. The van der Waals surface area contributed by atoms with Gasteiger partial charge in [-0.15, -0.1) is 0 Å². The van der Waals surface area contributed by atoms with Gasteiger partial charge < -0.3 is 0 Å². The molecule has 0 N–H and O–H groups in total. The average molecular weight is 438 g/mol. The molecule has 2 aromatic rings. The Bertz CT molecular complexity index is 777. The first kappa shape index (κ1) is 18.4. The summed E-state index contributed by atoms with van der Waals surface area (Å²) in [5.74, 6) is 0. The van der Waals surface area contributed by atoms with E-state index in [1.807, 2.05) is 0 Å². The summed E-state index contributed by atoms with van der Waals surface area (Å²) in [6, 6.07) is 13.3. The molecule has 0 aliphatic heterocycles. The van der Waals surface area contributed by atoms with Crippen molar-refractivity contribution in [3.8, 4) is 11.1 Å². The number of hydrogen-bond donors (Lipinski definition) is 0. The molecule has 0 saturated heterocycles. The molecule has 0 nitrogen and oxygen atoms in total. The van der Waals surface area contributed by atoms with Gasteiger partial charge in [-0.05, 0) is 0 Å². The number of allylic oxidation sites excluding steroid dienone is 1. The van der Waals surface area contributed by atoms with E-state index >= 15 is 0 Å². The van der Waals surface area contributed by atoms with Crippen molar-refractivity contribution in [1.82, 2.24) is 0 Å². The molecular weight excluding hydrogens is 414 g/mol. The third-order valence-corrected chi connectivity index (χ3v) is 10.3. The van der Waals surface area contributed by atoms with E-state index in [-0.39, 0.29) is 0 Å². The van der Waals surface area contributed by atoms with Gasteiger partial charge in [0.1, 0.15) is 0 Å². The summed E-state index contributed by atoms with van der Waals surface area (Å²) < 4.78 is 0.318. The van der Waals surface area contributed by atoms with Crippen LogP contribution in [0.3, 0.4) is 0 Å². The second kappa shape index (κ2) is 7.90. The standard InChI is InChI=1S/C21H23.2ClH.Zr/c1-4-8-16-13-18-12-11-15(3)21(20(18)14-16)19-10-7-6-9-17(19)5-2;;;/h6-7,9-14H,4-5,8H2,1-3H3;2*1H;/q;;;+2/p-2. The van der Waals surface area contributed by atoms with Gasteiger partial charge >= 0.3 is 161 Å². The Morgan fingerprint density at radius 3 is 2.46 bits per heavy atom. The van der Waals surface area contributed by atoms with Crippen molar-refractivity contribution < 1.29 is 19.4 Å². The molecule has 0 radical (unpaired) electrons. The Morgan fingerprint density at radius 2 is 1.79 bits per heavy atom. The van der Waals surface area contributed by atoms with Crippen molar-refractivity contribution in [3.05, 3.63) is 64.2 Å². The van der Waals surface area contributed by atoms with Crippen LogP contribution in [0.1, 0.15) is 52.6 Å². The number of aryl methyl sites for hydroxylation is 2. The first-order chi connectivity index (χ1) is 11.6. The van der Waals surface area contributed by atoms with Gasteiger partial charge in [-0.3, -0.25) is 0 Å². The van der Waals surface area contributed by atoms with Gasteiger partial charge in [0, 0.05) is 0 Å². The normalized spacial score (nSPS) is 16.0. The second-order valence-corrected chi connectivity index (χ2v) is 15.3. The van der Waals surface area contributed by atoms with Crippen LogP contribution in [-0.2, 0) is 25.8 Å². The van der Waals surface area contributed by atoms with E-state index in [4.69, 9.17) is 17.0 Å². The molecule has 0 bridgehead atoms. The molecule has 0 heterocycles. The van der Waals surface area contributed by atoms with Crippen molar-refractivity contribution in [2.24, 2.45) is 0 Å². The monoisotopic (exact) mass is 435 g/mol. The van der Waals surface area contributed by atoms with Gasteiger partial charge in [0.25, 0.3) is 0 Å². The predicted molar refractivity (Wildman–Crippen MR) is 103 cm³/mol. The molecule has 0 amide bonds. The van der Waals surface area contributed by atoms with Crippen molar-refractivity contribution in [2.75, 3.05) is 0 Å². The number of halogens is 2. The quantitative estimate of drug-likeness (QED) is 0.457. The zero-order chi connectivity index (χ0) is 17.3. The van der Waals surface area contributed by atoms with Gasteiger partial charge in [-0.25, -0.2) is 0 Å². The van der Waals surface area contributed by atoms with Crippen molar-refractivity contribution in [1.29, 1.82) is 0 Å². The molecule has 0 fully saturated rings. The van der Waals surface area contributed by atoms with E-state index in [1.54, 1.807) is 0 Å². The summed E-state index contributed by atoms with van der Waals surface area (Å²) in [7, 11) is 13.1. The van der Waals surface area contributed by atoms with E-state index < -0.39 is 19.4 Å². The Morgan fingerprint density at radius 1 is 1.04 bits per heavy atom. The number of benzene rings is 2. The van der Waals surface area contributed by atoms with Crippen LogP contribution in [0.5, 0.6) is 0 Å². The molecule has 1 atom stereocenters. The predicted octanol–water partition coefficient (Wildman–Crippen LogP) is 7.39. The summed E-state index contributed by atoms with van der Waals surface area (Å²) in [5, 5.41) is 0. The molecule has 3 heteroatoms. The van der Waals surface area contributed by atoms with Crippen LogP contribution >= 0.6 is 17.0 Å². The Labute approximate surface area is 160 Å². The van der Waals surface area contributed by atoms with Crippen LogP contribution in [0.4, 0.5) is 0 Å². The summed E-state index contributed by atoms with van der Waals surface area (Å²) >= 11 is -2.41. The minimum atomic E-state index is -2.41. The van der Waals surface area contributed by atoms with E-state index in [0.29, 0.717) is 3.63 Å². The number of rotatable bonds is 5. The van der Waals surface area contributed by atoms with Gasteiger partial charge in [-0.1, -0.05) is 0 Å². The van der Waals surface area contributed by atoms with Crippen molar-refractivity contribution in [2.45, 2.75) is 43.7 Å². The van der Waals surface area contributed by atoms with E-state index in [0.717, 1.165) is 19.3 Å². The Hall–Kier alpha value is -0.357. The molecule has 0 spiro atoms. The molecule has 1 aliphatic carbocycles. The first-order valence-corrected chi connectivity index (χ1v) is 16.4. The van der Waals surface area contributed by atoms with Crippen LogP contribution in [0, 0.1) is 6.92 Å². The maximum absolute atomic E-state index is 6.56. The molecule has 3 rings (SSSR count). The van der Waals surface area contributed by atoms with E-state index in [9.17, 15) is 0 Å². The summed E-state index contributed by atoms with van der Waals surface area (Å²) in [6.45, 7) is 6.66. The fraction of sp³-hybridized carbons (Fsp3) is 0.333. The van der Waals surface area contributed by atoms with Crippen molar-refractivity contribution in [3.63, 3.8) is 0 Å². The fourth-order valence-corrected chi connectivity index (χ4v) is 9.31. The van der Waals surface area contributed by atoms with Crippen LogP contribution in [0.25, 0.3) is 17.2 Å². The zero-order valence-corrected chi connectivity index (χ0v) is 18.5. The van der Waals surface area contributed by atoms with Crippen LogP contribution in [-0.4, -0.2) is 0 Å². The van der Waals surface area contributed by atoms with Crippen LogP contribution in [0.2, 0.25) is 0 Å². The topological polar surface area (TPSA) is 0 Å². The fourth-order valence-electron chi connectivity index (χ4n) is 3.81. The molecule has 1 aliphatic rings. The second-order valence-electron chi connectivity index (χ2n) is 6.46. The molecule has 125 valence electrons. The third-order valence-electron chi connectivity index (χ3n) is 4.92. The molecular formula is C21H23Cl2Zr. The SMILES string of the molecule is CCCC1=Cc2c(ccc(C)c2-c2ccccc2CC)[CH]1[Zr]([Cl])[Cl]. The molecule has 0 saturated carbocycles. The van der Waals surface area contributed by atoms with Crippen LogP contribution < -0.4 is 0 Å². The zero-order valence-electron chi connectivity index (χ0n) is 14.5. The van der Waals surface area contributed by atoms with E-state index in [2.05, 4.69) is 63.2 Å². The Balaban J connectivity index is 2.24. The minimum absolute atomic E-state index is 0.318. The van der Waals surface area contributed by atoms with Crippen molar-refractivity contribution >= 4 is 23.1 Å². The Kier molecular flexibility index (Phi) is 6.07. The van der Waals surface area contributed by atoms with Gasteiger partial charge in [0.15, 0.2) is 0 Å². The van der Waals surface area contributed by atoms with Gasteiger partial charge in [0.05, 0.1) is 0 Å². The number of fused-ring (bicyclic) bond motifs is 1.